The fourth-order valence-corrected chi connectivity index (χ4v) is 1.44. The van der Waals surface area contributed by atoms with Crippen LogP contribution in [-0.2, 0) is 7.05 Å². The molecule has 0 saturated carbocycles. The molecule has 1 rings (SSSR count). The van der Waals surface area contributed by atoms with Crippen molar-refractivity contribution < 1.29 is 4.79 Å². The van der Waals surface area contributed by atoms with Gasteiger partial charge in [-0.3, -0.25) is 4.79 Å². The zero-order chi connectivity index (χ0) is 11.1. The first-order valence-corrected chi connectivity index (χ1v) is 5.36. The third-order valence-electron chi connectivity index (χ3n) is 2.30. The molecule has 0 aliphatic carbocycles. The maximum absolute atomic E-state index is 11.6. The molecule has 1 aromatic heterocycles. The molecular weight excluding hydrogens is 188 g/mol. The highest BCUT2D eigenvalue weighted by molar-refractivity contribution is 5.93. The molecule has 0 bridgehead atoms. The van der Waals surface area contributed by atoms with Gasteiger partial charge in [-0.15, -0.1) is 6.58 Å². The normalized spacial score (nSPS) is 10.2. The maximum Gasteiger partial charge on any atom is 0.182 e. The highest BCUT2D eigenvalue weighted by Gasteiger charge is 2.07. The monoisotopic (exact) mass is 206 g/mol. The first kappa shape index (κ1) is 11.7. The lowest BCUT2D eigenvalue weighted by Crippen LogP contribution is -1.99. The van der Waals surface area contributed by atoms with Crippen LogP contribution < -0.4 is 0 Å². The van der Waals surface area contributed by atoms with Crippen LogP contribution in [-0.4, -0.2) is 15.3 Å². The van der Waals surface area contributed by atoms with Crippen LogP contribution in [0.25, 0.3) is 0 Å². The number of unbranched alkanes of at least 4 members (excludes halogenated alkanes) is 3. The molecule has 0 aliphatic heterocycles. The van der Waals surface area contributed by atoms with E-state index in [2.05, 4.69) is 11.6 Å². The number of aromatic nitrogens is 2. The second-order valence-corrected chi connectivity index (χ2v) is 3.74. The Balaban J connectivity index is 2.22. The molecule has 0 spiro atoms. The number of allylic oxidation sites excluding steroid dienone is 1. The van der Waals surface area contributed by atoms with Crippen molar-refractivity contribution in [2.24, 2.45) is 7.05 Å². The predicted molar refractivity (Wildman–Crippen MR) is 60.8 cm³/mol. The van der Waals surface area contributed by atoms with Crippen molar-refractivity contribution in [3.8, 4) is 0 Å². The van der Waals surface area contributed by atoms with Crippen LogP contribution in [0.15, 0.2) is 25.2 Å². The number of hydrogen-bond donors (Lipinski definition) is 0. The number of ketones is 1. The van der Waals surface area contributed by atoms with E-state index >= 15 is 0 Å². The van der Waals surface area contributed by atoms with Gasteiger partial charge in [-0.1, -0.05) is 12.5 Å². The molecule has 0 aromatic carbocycles. The SMILES string of the molecule is C=CCCCCCC(=O)c1cn(C)cn1. The quantitative estimate of drug-likeness (QED) is 0.390. The van der Waals surface area contributed by atoms with E-state index in [1.807, 2.05) is 13.1 Å². The summed E-state index contributed by atoms with van der Waals surface area (Å²) < 4.78 is 1.80. The molecule has 0 atom stereocenters. The van der Waals surface area contributed by atoms with Crippen molar-refractivity contribution in [2.45, 2.75) is 32.1 Å². The van der Waals surface area contributed by atoms with Crippen molar-refractivity contribution in [3.05, 3.63) is 30.9 Å². The summed E-state index contributed by atoms with van der Waals surface area (Å²) >= 11 is 0. The lowest BCUT2D eigenvalue weighted by molar-refractivity contribution is 0.0975. The van der Waals surface area contributed by atoms with Gasteiger partial charge in [0.15, 0.2) is 5.78 Å². The number of nitrogens with zero attached hydrogens (tertiary/aromatic N) is 2. The third-order valence-corrected chi connectivity index (χ3v) is 2.30. The van der Waals surface area contributed by atoms with Crippen molar-refractivity contribution in [1.82, 2.24) is 9.55 Å². The van der Waals surface area contributed by atoms with Crippen molar-refractivity contribution in [1.29, 1.82) is 0 Å². The molecule has 0 saturated heterocycles. The molecule has 3 heteroatoms. The molecule has 0 amide bonds. The van der Waals surface area contributed by atoms with Gasteiger partial charge in [0.25, 0.3) is 0 Å². The molecule has 15 heavy (non-hydrogen) atoms. The van der Waals surface area contributed by atoms with Gasteiger partial charge in [-0.2, -0.15) is 0 Å². The molecular formula is C12H18N2O. The Labute approximate surface area is 90.8 Å². The lowest BCUT2D eigenvalue weighted by atomic mass is 10.1. The van der Waals surface area contributed by atoms with Crippen LogP contribution in [0.4, 0.5) is 0 Å². The standard InChI is InChI=1S/C12H18N2O/c1-3-4-5-6-7-8-12(15)11-9-14(2)10-13-11/h3,9-10H,1,4-8H2,2H3. The second kappa shape index (κ2) is 6.17. The summed E-state index contributed by atoms with van der Waals surface area (Å²) in [5, 5.41) is 0. The fourth-order valence-electron chi connectivity index (χ4n) is 1.44. The number of imidazole rings is 1. The van der Waals surface area contributed by atoms with Gasteiger partial charge >= 0.3 is 0 Å². The number of carbonyl (C=O) groups excluding carboxylic acids is 1. The Morgan fingerprint density at radius 2 is 2.33 bits per heavy atom. The molecule has 1 aromatic rings. The second-order valence-electron chi connectivity index (χ2n) is 3.74. The van der Waals surface area contributed by atoms with Crippen molar-refractivity contribution in [2.75, 3.05) is 0 Å². The van der Waals surface area contributed by atoms with E-state index in [1.54, 1.807) is 17.1 Å². The van der Waals surface area contributed by atoms with Crippen LogP contribution in [0.2, 0.25) is 0 Å². The zero-order valence-electron chi connectivity index (χ0n) is 9.28. The lowest BCUT2D eigenvalue weighted by Gasteiger charge is -1.97. The van der Waals surface area contributed by atoms with E-state index in [9.17, 15) is 4.79 Å². The molecule has 3 nitrogen and oxygen atoms in total. The maximum atomic E-state index is 11.6. The fraction of sp³-hybridized carbons (Fsp3) is 0.500. The highest BCUT2D eigenvalue weighted by atomic mass is 16.1. The van der Waals surface area contributed by atoms with Gasteiger partial charge < -0.3 is 4.57 Å². The van der Waals surface area contributed by atoms with Crippen molar-refractivity contribution >= 4 is 5.78 Å². The number of hydrogen-bond acceptors (Lipinski definition) is 2. The van der Waals surface area contributed by atoms with Crippen LogP contribution in [0.1, 0.15) is 42.6 Å². The Kier molecular flexibility index (Phi) is 4.81. The number of carbonyl (C=O) groups is 1. The molecule has 0 fully saturated rings. The Hall–Kier alpha value is -1.38. The van der Waals surface area contributed by atoms with Gasteiger partial charge in [0.05, 0.1) is 6.33 Å². The summed E-state index contributed by atoms with van der Waals surface area (Å²) in [6.07, 6.45) is 10.1. The zero-order valence-corrected chi connectivity index (χ0v) is 9.28. The van der Waals surface area contributed by atoms with Gasteiger partial charge in [-0.25, -0.2) is 4.98 Å². The van der Waals surface area contributed by atoms with E-state index in [1.165, 1.54) is 0 Å². The molecule has 0 radical (unpaired) electrons. The molecule has 82 valence electrons. The Bertz CT molecular complexity index is 328. The van der Waals surface area contributed by atoms with Gasteiger partial charge in [0.2, 0.25) is 0 Å². The molecule has 1 heterocycles. The molecule has 0 N–H and O–H groups in total. The number of Topliss-reactive ketones (excluding diaryl/α,β-unsaturated/α-hetero) is 1. The van der Waals surface area contributed by atoms with Gasteiger partial charge in [0.1, 0.15) is 5.69 Å². The first-order chi connectivity index (χ1) is 7.24. The molecule has 0 aliphatic rings. The van der Waals surface area contributed by atoms with Gasteiger partial charge in [-0.05, 0) is 19.3 Å². The summed E-state index contributed by atoms with van der Waals surface area (Å²) in [4.78, 5) is 15.6. The van der Waals surface area contributed by atoms with Crippen LogP contribution in [0, 0.1) is 0 Å². The first-order valence-electron chi connectivity index (χ1n) is 5.36. The van der Waals surface area contributed by atoms with Crippen LogP contribution >= 0.6 is 0 Å². The number of aryl methyl sites for hydroxylation is 1. The third kappa shape index (κ3) is 4.11. The summed E-state index contributed by atoms with van der Waals surface area (Å²) in [5.41, 5.74) is 0.584. The topological polar surface area (TPSA) is 34.9 Å². The Morgan fingerprint density at radius 1 is 1.53 bits per heavy atom. The largest absolute Gasteiger partial charge is 0.340 e. The Morgan fingerprint density at radius 3 is 2.93 bits per heavy atom. The van der Waals surface area contributed by atoms with Gasteiger partial charge in [0, 0.05) is 19.7 Å². The van der Waals surface area contributed by atoms with E-state index < -0.39 is 0 Å². The van der Waals surface area contributed by atoms with E-state index in [4.69, 9.17) is 0 Å². The minimum absolute atomic E-state index is 0.147. The minimum Gasteiger partial charge on any atom is -0.340 e. The summed E-state index contributed by atoms with van der Waals surface area (Å²) in [7, 11) is 1.87. The number of rotatable bonds is 7. The van der Waals surface area contributed by atoms with Crippen LogP contribution in [0.5, 0.6) is 0 Å². The van der Waals surface area contributed by atoms with E-state index in [0.29, 0.717) is 12.1 Å². The summed E-state index contributed by atoms with van der Waals surface area (Å²) in [6, 6.07) is 0. The van der Waals surface area contributed by atoms with E-state index in [0.717, 1.165) is 25.7 Å². The highest BCUT2D eigenvalue weighted by Crippen LogP contribution is 2.07. The smallest absolute Gasteiger partial charge is 0.182 e. The van der Waals surface area contributed by atoms with Crippen LogP contribution in [0.3, 0.4) is 0 Å². The van der Waals surface area contributed by atoms with E-state index in [-0.39, 0.29) is 5.78 Å². The van der Waals surface area contributed by atoms with Crippen molar-refractivity contribution in [3.63, 3.8) is 0 Å². The molecule has 0 unspecified atom stereocenters. The predicted octanol–water partition coefficient (Wildman–Crippen LogP) is 2.74. The summed E-state index contributed by atoms with van der Waals surface area (Å²) in [5.74, 6) is 0.147. The summed E-state index contributed by atoms with van der Waals surface area (Å²) in [6.45, 7) is 3.66. The average molecular weight is 206 g/mol. The minimum atomic E-state index is 0.147. The average Bonchev–Trinajstić information content (AvgIpc) is 2.64.